The van der Waals surface area contributed by atoms with Crippen molar-refractivity contribution in [2.45, 2.75) is 31.3 Å². The molecule has 0 fully saturated rings. The summed E-state index contributed by atoms with van der Waals surface area (Å²) in [5, 5.41) is 15.2. The number of nitrogens with one attached hydrogen (secondary N) is 2. The first-order chi connectivity index (χ1) is 9.95. The average molecular weight is 308 g/mol. The first-order valence-electron chi connectivity index (χ1n) is 6.98. The van der Waals surface area contributed by atoms with Gasteiger partial charge in [-0.3, -0.25) is 9.59 Å². The first-order valence-corrected chi connectivity index (χ1v) is 7.97. The van der Waals surface area contributed by atoms with Crippen LogP contribution >= 0.6 is 11.8 Å². The summed E-state index contributed by atoms with van der Waals surface area (Å²) in [6, 6.07) is 5.23. The molecule has 1 aromatic rings. The number of aliphatic hydroxyl groups excluding tert-OH is 1. The lowest BCUT2D eigenvalue weighted by Gasteiger charge is -2.17. The van der Waals surface area contributed by atoms with E-state index in [2.05, 4.69) is 10.6 Å². The predicted molar refractivity (Wildman–Crippen MR) is 83.6 cm³/mol. The van der Waals surface area contributed by atoms with Crippen LogP contribution in [-0.4, -0.2) is 35.3 Å². The van der Waals surface area contributed by atoms with Gasteiger partial charge in [-0.1, -0.05) is 13.8 Å². The highest BCUT2D eigenvalue weighted by atomic mass is 32.2. The van der Waals surface area contributed by atoms with Crippen molar-refractivity contribution in [3.8, 4) is 0 Å². The average Bonchev–Trinajstić information content (AvgIpc) is 2.43. The van der Waals surface area contributed by atoms with E-state index in [1.165, 1.54) is 11.8 Å². The highest BCUT2D eigenvalue weighted by Crippen LogP contribution is 2.31. The molecule has 0 bridgehead atoms. The third kappa shape index (κ3) is 4.47. The molecule has 21 heavy (non-hydrogen) atoms. The van der Waals surface area contributed by atoms with Crippen LogP contribution in [0.4, 0.5) is 5.69 Å². The highest BCUT2D eigenvalue weighted by Gasteiger charge is 2.17. The lowest BCUT2D eigenvalue weighted by Crippen LogP contribution is -2.33. The highest BCUT2D eigenvalue weighted by molar-refractivity contribution is 8.00. The summed E-state index contributed by atoms with van der Waals surface area (Å²) in [5.41, 5.74) is 1.15. The third-order valence-electron chi connectivity index (χ3n) is 3.12. The zero-order chi connectivity index (χ0) is 15.4. The van der Waals surface area contributed by atoms with Crippen molar-refractivity contribution in [1.82, 2.24) is 5.32 Å². The van der Waals surface area contributed by atoms with E-state index < -0.39 is 6.10 Å². The lowest BCUT2D eigenvalue weighted by atomic mass is 10.1. The van der Waals surface area contributed by atoms with Gasteiger partial charge >= 0.3 is 0 Å². The number of carbonyl (C=O) groups is 2. The minimum absolute atomic E-state index is 0.0580. The number of thioether (sulfide) groups is 1. The molecule has 0 aromatic heterocycles. The van der Waals surface area contributed by atoms with Gasteiger partial charge in [0.25, 0.3) is 5.91 Å². The SMILES string of the molecule is CC(C)CC(O)CNC(=O)c1ccc2c(c1)NC(=O)CS2. The van der Waals surface area contributed by atoms with Gasteiger partial charge in [0.2, 0.25) is 5.91 Å². The summed E-state index contributed by atoms with van der Waals surface area (Å²) in [4.78, 5) is 24.4. The maximum atomic E-state index is 12.1. The van der Waals surface area contributed by atoms with Gasteiger partial charge in [-0.15, -0.1) is 11.8 Å². The normalized spacial score (nSPS) is 15.3. The molecule has 1 aliphatic heterocycles. The van der Waals surface area contributed by atoms with Gasteiger partial charge in [-0.05, 0) is 30.5 Å². The number of carbonyl (C=O) groups excluding carboxylic acids is 2. The van der Waals surface area contributed by atoms with Crippen molar-refractivity contribution in [2.24, 2.45) is 5.92 Å². The van der Waals surface area contributed by atoms with Crippen molar-refractivity contribution in [2.75, 3.05) is 17.6 Å². The maximum absolute atomic E-state index is 12.1. The Kier molecular flexibility index (Phi) is 5.25. The van der Waals surface area contributed by atoms with Gasteiger partial charge in [-0.25, -0.2) is 0 Å². The molecule has 0 saturated heterocycles. The molecule has 3 N–H and O–H groups in total. The van der Waals surface area contributed by atoms with Crippen molar-refractivity contribution in [1.29, 1.82) is 0 Å². The summed E-state index contributed by atoms with van der Waals surface area (Å²) in [7, 11) is 0. The minimum atomic E-state index is -0.540. The second-order valence-corrected chi connectivity index (χ2v) is 6.56. The van der Waals surface area contributed by atoms with Crippen LogP contribution in [0.15, 0.2) is 23.1 Å². The van der Waals surface area contributed by atoms with Crippen molar-refractivity contribution < 1.29 is 14.7 Å². The summed E-state index contributed by atoms with van der Waals surface area (Å²) in [6.45, 7) is 4.28. The molecule has 0 saturated carbocycles. The Labute approximate surface area is 128 Å². The number of aliphatic hydroxyl groups is 1. The summed E-state index contributed by atoms with van der Waals surface area (Å²) >= 11 is 1.46. The molecular weight excluding hydrogens is 288 g/mol. The van der Waals surface area contributed by atoms with Gasteiger partial charge in [-0.2, -0.15) is 0 Å². The number of benzene rings is 1. The first kappa shape index (κ1) is 15.9. The monoisotopic (exact) mass is 308 g/mol. The zero-order valence-corrected chi connectivity index (χ0v) is 13.0. The van der Waals surface area contributed by atoms with Crippen LogP contribution in [0.3, 0.4) is 0 Å². The molecule has 1 aliphatic rings. The van der Waals surface area contributed by atoms with E-state index in [0.29, 0.717) is 29.3 Å². The molecule has 1 heterocycles. The van der Waals surface area contributed by atoms with E-state index >= 15 is 0 Å². The standard InChI is InChI=1S/C15H20N2O3S/c1-9(2)5-11(18)7-16-15(20)10-3-4-13-12(6-10)17-14(19)8-21-13/h3-4,6,9,11,18H,5,7-8H2,1-2H3,(H,16,20)(H,17,19). The smallest absolute Gasteiger partial charge is 0.251 e. The topological polar surface area (TPSA) is 78.4 Å². The molecule has 1 aromatic carbocycles. The third-order valence-corrected chi connectivity index (χ3v) is 4.19. The zero-order valence-electron chi connectivity index (χ0n) is 12.2. The Bertz CT molecular complexity index is 546. The maximum Gasteiger partial charge on any atom is 0.251 e. The van der Waals surface area contributed by atoms with E-state index in [1.54, 1.807) is 12.1 Å². The summed E-state index contributed by atoms with van der Waals surface area (Å²) in [6.07, 6.45) is 0.110. The molecular formula is C15H20N2O3S. The Morgan fingerprint density at radius 3 is 2.95 bits per heavy atom. The molecule has 2 amide bonds. The van der Waals surface area contributed by atoms with Gasteiger partial charge in [0.05, 0.1) is 17.5 Å². The van der Waals surface area contributed by atoms with Gasteiger partial charge in [0.1, 0.15) is 0 Å². The molecule has 6 heteroatoms. The van der Waals surface area contributed by atoms with Crippen LogP contribution in [-0.2, 0) is 4.79 Å². The molecule has 5 nitrogen and oxygen atoms in total. The van der Waals surface area contributed by atoms with Crippen LogP contribution in [0.2, 0.25) is 0 Å². The minimum Gasteiger partial charge on any atom is -0.391 e. The number of anilines is 1. The second kappa shape index (κ2) is 6.95. The fraction of sp³-hybridized carbons (Fsp3) is 0.467. The van der Waals surface area contributed by atoms with Gasteiger partial charge < -0.3 is 15.7 Å². The van der Waals surface area contributed by atoms with Crippen LogP contribution in [0, 0.1) is 5.92 Å². The number of rotatable bonds is 5. The molecule has 2 rings (SSSR count). The largest absolute Gasteiger partial charge is 0.391 e. The fourth-order valence-electron chi connectivity index (χ4n) is 2.16. The van der Waals surface area contributed by atoms with Crippen LogP contribution in [0.1, 0.15) is 30.6 Å². The van der Waals surface area contributed by atoms with Crippen molar-refractivity contribution in [3.05, 3.63) is 23.8 Å². The molecule has 0 aliphatic carbocycles. The van der Waals surface area contributed by atoms with E-state index in [4.69, 9.17) is 0 Å². The van der Waals surface area contributed by atoms with Crippen molar-refractivity contribution in [3.63, 3.8) is 0 Å². The number of hydrogen-bond acceptors (Lipinski definition) is 4. The summed E-state index contributed by atoms with van der Waals surface area (Å²) in [5.74, 6) is 0.482. The lowest BCUT2D eigenvalue weighted by molar-refractivity contribution is -0.113. The molecule has 0 radical (unpaired) electrons. The molecule has 1 atom stereocenters. The van der Waals surface area contributed by atoms with Crippen LogP contribution in [0.5, 0.6) is 0 Å². The van der Waals surface area contributed by atoms with E-state index in [0.717, 1.165) is 4.90 Å². The molecule has 0 spiro atoms. The van der Waals surface area contributed by atoms with Gasteiger partial charge in [0.15, 0.2) is 0 Å². The predicted octanol–water partition coefficient (Wildman–Crippen LogP) is 1.87. The summed E-state index contributed by atoms with van der Waals surface area (Å²) < 4.78 is 0. The Morgan fingerprint density at radius 1 is 1.48 bits per heavy atom. The van der Waals surface area contributed by atoms with E-state index in [-0.39, 0.29) is 18.4 Å². The Hall–Kier alpha value is -1.53. The second-order valence-electron chi connectivity index (χ2n) is 5.54. The van der Waals surface area contributed by atoms with Crippen LogP contribution in [0.25, 0.3) is 0 Å². The Balaban J connectivity index is 1.97. The number of hydrogen-bond donors (Lipinski definition) is 3. The Morgan fingerprint density at radius 2 is 2.24 bits per heavy atom. The number of amides is 2. The van der Waals surface area contributed by atoms with Crippen LogP contribution < -0.4 is 10.6 Å². The quantitative estimate of drug-likeness (QED) is 0.776. The molecule has 1 unspecified atom stereocenters. The number of fused-ring (bicyclic) bond motifs is 1. The van der Waals surface area contributed by atoms with Gasteiger partial charge in [0, 0.05) is 17.0 Å². The van der Waals surface area contributed by atoms with Crippen molar-refractivity contribution >= 4 is 29.3 Å². The van der Waals surface area contributed by atoms with E-state index in [9.17, 15) is 14.7 Å². The van der Waals surface area contributed by atoms with E-state index in [1.807, 2.05) is 19.9 Å². The molecule has 114 valence electrons. The fourth-order valence-corrected chi connectivity index (χ4v) is 2.95.